The minimum atomic E-state index is -0.0427. The molecule has 1 saturated heterocycles. The van der Waals surface area contributed by atoms with Gasteiger partial charge >= 0.3 is 0 Å². The lowest BCUT2D eigenvalue weighted by molar-refractivity contribution is 0.0642. The molecule has 1 amide bonds. The van der Waals surface area contributed by atoms with Crippen LogP contribution in [0.5, 0.6) is 0 Å². The fraction of sp³-hybridized carbons (Fsp3) is 0.409. The third-order valence-corrected chi connectivity index (χ3v) is 5.35. The summed E-state index contributed by atoms with van der Waals surface area (Å²) in [6, 6.07) is 11.4. The van der Waals surface area contributed by atoms with Gasteiger partial charge in [0.05, 0.1) is 17.2 Å². The smallest absolute Gasteiger partial charge is 0.253 e. The fourth-order valence-electron chi connectivity index (χ4n) is 3.56. The zero-order valence-corrected chi connectivity index (χ0v) is 15.8. The van der Waals surface area contributed by atoms with Gasteiger partial charge in [0, 0.05) is 31.6 Å². The molecule has 1 aromatic heterocycles. The molecular weight excluding hydrogens is 352 g/mol. The van der Waals surface area contributed by atoms with Gasteiger partial charge in [0.25, 0.3) is 5.91 Å². The number of ether oxygens (including phenoxy) is 1. The zero-order chi connectivity index (χ0) is 19.3. The summed E-state index contributed by atoms with van der Waals surface area (Å²) in [7, 11) is 0. The summed E-state index contributed by atoms with van der Waals surface area (Å²) >= 11 is 0. The Morgan fingerprint density at radius 3 is 2.79 bits per heavy atom. The van der Waals surface area contributed by atoms with E-state index in [0.717, 1.165) is 50.1 Å². The molecule has 0 radical (unpaired) electrons. The van der Waals surface area contributed by atoms with Crippen LogP contribution in [0.3, 0.4) is 0 Å². The summed E-state index contributed by atoms with van der Waals surface area (Å²) in [5.41, 5.74) is 3.13. The summed E-state index contributed by atoms with van der Waals surface area (Å²) in [6.45, 7) is 2.25. The van der Waals surface area contributed by atoms with Crippen molar-refractivity contribution in [3.8, 4) is 6.07 Å². The second-order valence-electron chi connectivity index (χ2n) is 7.51. The number of hydrogen-bond acceptors (Lipinski definition) is 5. The van der Waals surface area contributed by atoms with Gasteiger partial charge in [-0.1, -0.05) is 6.07 Å². The van der Waals surface area contributed by atoms with Crippen LogP contribution in [0.15, 0.2) is 36.5 Å². The number of rotatable bonds is 6. The molecule has 1 aliphatic heterocycles. The number of nitrogens with one attached hydrogen (secondary N) is 2. The van der Waals surface area contributed by atoms with E-state index in [1.807, 2.05) is 18.2 Å². The number of nitrogens with zero attached hydrogens (tertiary/aromatic N) is 2. The number of anilines is 2. The van der Waals surface area contributed by atoms with Crippen molar-refractivity contribution in [1.29, 1.82) is 5.26 Å². The van der Waals surface area contributed by atoms with E-state index in [4.69, 9.17) is 10.00 Å². The fourth-order valence-corrected chi connectivity index (χ4v) is 3.56. The third kappa shape index (κ3) is 4.49. The molecule has 28 heavy (non-hydrogen) atoms. The van der Waals surface area contributed by atoms with E-state index < -0.39 is 0 Å². The lowest BCUT2D eigenvalue weighted by atomic mass is 10.00. The van der Waals surface area contributed by atoms with E-state index in [1.54, 1.807) is 18.3 Å². The largest absolute Gasteiger partial charge is 0.381 e. The SMILES string of the molecule is N#Cc1cccc(Nc2cc(C3CC3)c(C(=O)NCC3CCOCC3)cn2)c1. The quantitative estimate of drug-likeness (QED) is 0.802. The van der Waals surface area contributed by atoms with Crippen LogP contribution in [0.25, 0.3) is 0 Å². The summed E-state index contributed by atoms with van der Waals surface area (Å²) < 4.78 is 5.38. The number of pyridine rings is 1. The van der Waals surface area contributed by atoms with Crippen LogP contribution in [0.1, 0.15) is 53.1 Å². The van der Waals surface area contributed by atoms with Gasteiger partial charge in [0.2, 0.25) is 0 Å². The van der Waals surface area contributed by atoms with Crippen molar-refractivity contribution in [2.24, 2.45) is 5.92 Å². The van der Waals surface area contributed by atoms with Crippen LogP contribution in [0, 0.1) is 17.2 Å². The van der Waals surface area contributed by atoms with Crippen molar-refractivity contribution in [3.05, 3.63) is 53.2 Å². The van der Waals surface area contributed by atoms with Gasteiger partial charge in [-0.25, -0.2) is 4.98 Å². The van der Waals surface area contributed by atoms with Gasteiger partial charge in [-0.2, -0.15) is 5.26 Å². The maximum Gasteiger partial charge on any atom is 0.253 e. The molecule has 144 valence electrons. The highest BCUT2D eigenvalue weighted by atomic mass is 16.5. The Morgan fingerprint density at radius 2 is 2.04 bits per heavy atom. The third-order valence-electron chi connectivity index (χ3n) is 5.35. The lowest BCUT2D eigenvalue weighted by Crippen LogP contribution is -2.32. The molecule has 6 nitrogen and oxygen atoms in total. The Hall–Kier alpha value is -2.91. The molecule has 4 rings (SSSR count). The Balaban J connectivity index is 1.47. The second-order valence-corrected chi connectivity index (χ2v) is 7.51. The average Bonchev–Trinajstić information content (AvgIpc) is 3.58. The Labute approximate surface area is 164 Å². The summed E-state index contributed by atoms with van der Waals surface area (Å²) in [4.78, 5) is 17.2. The first-order chi connectivity index (χ1) is 13.7. The van der Waals surface area contributed by atoms with Crippen LogP contribution in [0.2, 0.25) is 0 Å². The molecule has 2 aliphatic rings. The summed E-state index contributed by atoms with van der Waals surface area (Å²) in [6.07, 6.45) is 5.88. The Kier molecular flexibility index (Phi) is 5.54. The molecule has 2 N–H and O–H groups in total. The molecule has 0 atom stereocenters. The molecular formula is C22H24N4O2. The molecule has 1 saturated carbocycles. The number of carbonyl (C=O) groups is 1. The number of benzene rings is 1. The molecule has 1 aromatic carbocycles. The van der Waals surface area contributed by atoms with Crippen molar-refractivity contribution < 1.29 is 9.53 Å². The highest BCUT2D eigenvalue weighted by molar-refractivity contribution is 5.96. The van der Waals surface area contributed by atoms with Crippen LogP contribution in [0.4, 0.5) is 11.5 Å². The maximum atomic E-state index is 12.8. The van der Waals surface area contributed by atoms with Gasteiger partial charge < -0.3 is 15.4 Å². The minimum absolute atomic E-state index is 0.0427. The first-order valence-electron chi connectivity index (χ1n) is 9.86. The molecule has 1 aliphatic carbocycles. The number of hydrogen-bond donors (Lipinski definition) is 2. The number of aromatic nitrogens is 1. The normalized spacial score (nSPS) is 17.0. The summed E-state index contributed by atoms with van der Waals surface area (Å²) in [5, 5.41) is 15.4. The van der Waals surface area contributed by atoms with Crippen molar-refractivity contribution >= 4 is 17.4 Å². The molecule has 2 heterocycles. The van der Waals surface area contributed by atoms with Crippen LogP contribution >= 0.6 is 0 Å². The van der Waals surface area contributed by atoms with Crippen LogP contribution in [-0.2, 0) is 4.74 Å². The molecule has 0 bridgehead atoms. The van der Waals surface area contributed by atoms with E-state index >= 15 is 0 Å². The van der Waals surface area contributed by atoms with Gasteiger partial charge in [0.1, 0.15) is 5.82 Å². The molecule has 2 aromatic rings. The standard InChI is InChI=1S/C22H24N4O2/c23-12-16-2-1-3-18(10-16)26-21-11-19(17-4-5-17)20(14-24-21)22(27)25-13-15-6-8-28-9-7-15/h1-3,10-11,14-15,17H,4-9,13H2,(H,24,26)(H,25,27). The van der Waals surface area contributed by atoms with E-state index in [2.05, 4.69) is 21.7 Å². The predicted molar refractivity (Wildman–Crippen MR) is 107 cm³/mol. The van der Waals surface area contributed by atoms with Gasteiger partial charge in [-0.05, 0) is 67.3 Å². The average molecular weight is 376 g/mol. The van der Waals surface area contributed by atoms with E-state index in [1.165, 1.54) is 0 Å². The van der Waals surface area contributed by atoms with Gasteiger partial charge in [-0.15, -0.1) is 0 Å². The van der Waals surface area contributed by atoms with Crippen LogP contribution < -0.4 is 10.6 Å². The predicted octanol–water partition coefficient (Wildman–Crippen LogP) is 3.73. The van der Waals surface area contributed by atoms with Crippen molar-refractivity contribution in [2.75, 3.05) is 25.1 Å². The first-order valence-corrected chi connectivity index (χ1v) is 9.86. The van der Waals surface area contributed by atoms with Crippen molar-refractivity contribution in [2.45, 2.75) is 31.6 Å². The van der Waals surface area contributed by atoms with E-state index in [0.29, 0.717) is 35.3 Å². The highest BCUT2D eigenvalue weighted by Crippen LogP contribution is 2.42. The molecule has 0 unspecified atom stereocenters. The van der Waals surface area contributed by atoms with E-state index in [9.17, 15) is 4.79 Å². The Morgan fingerprint density at radius 1 is 1.21 bits per heavy atom. The number of carbonyl (C=O) groups excluding carboxylic acids is 1. The van der Waals surface area contributed by atoms with Crippen molar-refractivity contribution in [3.63, 3.8) is 0 Å². The zero-order valence-electron chi connectivity index (χ0n) is 15.8. The Bertz CT molecular complexity index is 896. The van der Waals surface area contributed by atoms with Crippen molar-refractivity contribution in [1.82, 2.24) is 10.3 Å². The minimum Gasteiger partial charge on any atom is -0.381 e. The molecule has 0 spiro atoms. The maximum absolute atomic E-state index is 12.8. The van der Waals surface area contributed by atoms with E-state index in [-0.39, 0.29) is 5.91 Å². The summed E-state index contributed by atoms with van der Waals surface area (Å²) in [5.74, 6) is 1.57. The first kappa shape index (κ1) is 18.5. The number of nitriles is 1. The lowest BCUT2D eigenvalue weighted by Gasteiger charge is -2.22. The van der Waals surface area contributed by atoms with Gasteiger partial charge in [-0.3, -0.25) is 4.79 Å². The van der Waals surface area contributed by atoms with Gasteiger partial charge in [0.15, 0.2) is 0 Å². The molecule has 6 heteroatoms. The molecule has 2 fully saturated rings. The monoisotopic (exact) mass is 376 g/mol. The van der Waals surface area contributed by atoms with Crippen LogP contribution in [-0.4, -0.2) is 30.6 Å². The highest BCUT2D eigenvalue weighted by Gasteiger charge is 2.29. The number of amides is 1. The second kappa shape index (κ2) is 8.41. The topological polar surface area (TPSA) is 87.0 Å².